The van der Waals surface area contributed by atoms with Crippen molar-refractivity contribution in [2.24, 2.45) is 0 Å². The largest absolute Gasteiger partial charge is 0.438 e. The molecular weight excluding hydrogens is 360 g/mol. The summed E-state index contributed by atoms with van der Waals surface area (Å²) in [6.07, 6.45) is 1.24. The van der Waals surface area contributed by atoms with Gasteiger partial charge in [-0.15, -0.1) is 5.10 Å². The normalized spacial score (nSPS) is 16.1. The summed E-state index contributed by atoms with van der Waals surface area (Å²) in [5, 5.41) is 11.1. The average Bonchev–Trinajstić information content (AvgIpc) is 3.31. The summed E-state index contributed by atoms with van der Waals surface area (Å²) < 4.78 is 6.74. The molecule has 28 heavy (non-hydrogen) atoms. The highest BCUT2D eigenvalue weighted by Crippen LogP contribution is 2.24. The molecule has 1 aromatic carbocycles. The van der Waals surface area contributed by atoms with Gasteiger partial charge in [0.15, 0.2) is 6.39 Å². The van der Waals surface area contributed by atoms with E-state index >= 15 is 0 Å². The Morgan fingerprint density at radius 2 is 2.11 bits per heavy atom. The fourth-order valence-electron chi connectivity index (χ4n) is 3.29. The van der Waals surface area contributed by atoms with E-state index in [1.807, 2.05) is 30.3 Å². The molecule has 1 aliphatic heterocycles. The molecule has 9 nitrogen and oxygen atoms in total. The molecular formula is C19H20N6O3. The van der Waals surface area contributed by atoms with Crippen LogP contribution in [0.3, 0.4) is 0 Å². The fourth-order valence-corrected chi connectivity index (χ4v) is 3.29. The standard InChI is InChI=1S/C19H20N6O3/c1-12-17(28-11-21-12)18(26)20-8-15-16-10-24(9-14-6-4-3-5-7-14)19(27)13(2)25(16)23-22-15/h3-7,11,13H,8-10H2,1-2H3,(H,20,26). The number of benzene rings is 1. The second kappa shape index (κ2) is 7.26. The van der Waals surface area contributed by atoms with E-state index in [0.29, 0.717) is 24.5 Å². The van der Waals surface area contributed by atoms with E-state index in [1.54, 1.807) is 23.4 Å². The number of aromatic nitrogens is 4. The van der Waals surface area contributed by atoms with E-state index in [0.717, 1.165) is 11.3 Å². The van der Waals surface area contributed by atoms with Crippen LogP contribution in [0.4, 0.5) is 0 Å². The first-order valence-corrected chi connectivity index (χ1v) is 8.98. The Morgan fingerprint density at radius 1 is 1.32 bits per heavy atom. The van der Waals surface area contributed by atoms with Gasteiger partial charge in [-0.1, -0.05) is 35.5 Å². The third-order valence-corrected chi connectivity index (χ3v) is 4.83. The predicted molar refractivity (Wildman–Crippen MR) is 97.8 cm³/mol. The second-order valence-electron chi connectivity index (χ2n) is 6.73. The van der Waals surface area contributed by atoms with Gasteiger partial charge in [0.05, 0.1) is 24.5 Å². The number of fused-ring (bicyclic) bond motifs is 1. The van der Waals surface area contributed by atoms with Crippen LogP contribution in [0.15, 0.2) is 41.1 Å². The summed E-state index contributed by atoms with van der Waals surface area (Å²) >= 11 is 0. The van der Waals surface area contributed by atoms with E-state index in [2.05, 4.69) is 20.6 Å². The molecule has 2 amide bonds. The highest BCUT2D eigenvalue weighted by atomic mass is 16.3. The molecule has 3 heterocycles. The third-order valence-electron chi connectivity index (χ3n) is 4.83. The molecule has 9 heteroatoms. The minimum Gasteiger partial charge on any atom is -0.438 e. The quantitative estimate of drug-likeness (QED) is 0.721. The number of aryl methyl sites for hydroxylation is 1. The first kappa shape index (κ1) is 17.9. The van der Waals surface area contributed by atoms with Crippen LogP contribution in [0, 0.1) is 6.92 Å². The van der Waals surface area contributed by atoms with Crippen molar-refractivity contribution in [3.63, 3.8) is 0 Å². The van der Waals surface area contributed by atoms with E-state index in [4.69, 9.17) is 4.42 Å². The zero-order valence-corrected chi connectivity index (χ0v) is 15.6. The number of carbonyl (C=O) groups excluding carboxylic acids is 2. The van der Waals surface area contributed by atoms with Crippen LogP contribution in [0.1, 0.15) is 46.2 Å². The average molecular weight is 380 g/mol. The minimum absolute atomic E-state index is 0.00544. The van der Waals surface area contributed by atoms with Gasteiger partial charge < -0.3 is 14.6 Å². The van der Waals surface area contributed by atoms with Crippen molar-refractivity contribution in [1.82, 2.24) is 30.2 Å². The van der Waals surface area contributed by atoms with Crippen molar-refractivity contribution < 1.29 is 14.0 Å². The van der Waals surface area contributed by atoms with E-state index < -0.39 is 6.04 Å². The number of hydrogen-bond acceptors (Lipinski definition) is 6. The summed E-state index contributed by atoms with van der Waals surface area (Å²) in [7, 11) is 0. The molecule has 3 aromatic rings. The molecule has 0 spiro atoms. The number of amides is 2. The lowest BCUT2D eigenvalue weighted by Gasteiger charge is -2.31. The molecule has 1 unspecified atom stereocenters. The first-order chi connectivity index (χ1) is 13.5. The maximum Gasteiger partial charge on any atom is 0.289 e. The van der Waals surface area contributed by atoms with Gasteiger partial charge in [0, 0.05) is 6.54 Å². The van der Waals surface area contributed by atoms with E-state index in [1.165, 1.54) is 6.39 Å². The molecule has 4 rings (SSSR count). The molecule has 0 saturated carbocycles. The Kier molecular flexibility index (Phi) is 4.64. The summed E-state index contributed by atoms with van der Waals surface area (Å²) in [5.41, 5.74) is 3.02. The number of nitrogens with zero attached hydrogens (tertiary/aromatic N) is 5. The van der Waals surface area contributed by atoms with Crippen molar-refractivity contribution >= 4 is 11.8 Å². The van der Waals surface area contributed by atoms with Crippen LogP contribution in [-0.2, 0) is 24.4 Å². The van der Waals surface area contributed by atoms with Crippen LogP contribution in [0.2, 0.25) is 0 Å². The topological polar surface area (TPSA) is 106 Å². The minimum atomic E-state index is -0.444. The Morgan fingerprint density at radius 3 is 2.82 bits per heavy atom. The van der Waals surface area contributed by atoms with Crippen LogP contribution < -0.4 is 5.32 Å². The lowest BCUT2D eigenvalue weighted by Crippen LogP contribution is -2.41. The fraction of sp³-hybridized carbons (Fsp3) is 0.316. The Bertz CT molecular complexity index is 1010. The second-order valence-corrected chi connectivity index (χ2v) is 6.73. The number of rotatable bonds is 5. The van der Waals surface area contributed by atoms with Gasteiger partial charge in [-0.2, -0.15) is 0 Å². The lowest BCUT2D eigenvalue weighted by molar-refractivity contribution is -0.138. The molecule has 0 saturated heterocycles. The number of oxazole rings is 1. The molecule has 0 bridgehead atoms. The summed E-state index contributed by atoms with van der Waals surface area (Å²) in [5.74, 6) is -0.192. The predicted octanol–water partition coefficient (Wildman–Crippen LogP) is 1.61. The molecule has 0 radical (unpaired) electrons. The van der Waals surface area contributed by atoms with Gasteiger partial charge in [-0.3, -0.25) is 9.59 Å². The summed E-state index contributed by atoms with van der Waals surface area (Å²) in [4.78, 5) is 30.7. The van der Waals surface area contributed by atoms with Crippen LogP contribution in [-0.4, -0.2) is 36.7 Å². The van der Waals surface area contributed by atoms with E-state index in [-0.39, 0.29) is 24.1 Å². The third kappa shape index (κ3) is 3.26. The van der Waals surface area contributed by atoms with E-state index in [9.17, 15) is 9.59 Å². The van der Waals surface area contributed by atoms with Crippen LogP contribution >= 0.6 is 0 Å². The monoisotopic (exact) mass is 380 g/mol. The van der Waals surface area contributed by atoms with Crippen molar-refractivity contribution in [3.05, 3.63) is 65.1 Å². The van der Waals surface area contributed by atoms with Gasteiger partial charge in [0.25, 0.3) is 5.91 Å². The first-order valence-electron chi connectivity index (χ1n) is 8.98. The highest BCUT2D eigenvalue weighted by Gasteiger charge is 2.33. The van der Waals surface area contributed by atoms with Crippen LogP contribution in [0.25, 0.3) is 0 Å². The molecule has 0 fully saturated rings. The van der Waals surface area contributed by atoms with Crippen molar-refractivity contribution in [2.75, 3.05) is 0 Å². The molecule has 2 aromatic heterocycles. The zero-order chi connectivity index (χ0) is 19.7. The summed E-state index contributed by atoms with van der Waals surface area (Å²) in [6, 6.07) is 9.38. The molecule has 1 aliphatic rings. The highest BCUT2D eigenvalue weighted by molar-refractivity contribution is 5.92. The molecule has 1 atom stereocenters. The molecule has 144 valence electrons. The SMILES string of the molecule is Cc1ncoc1C(=O)NCc1nnn2c1CN(Cc1ccccc1)C(=O)C2C. The Balaban J connectivity index is 1.51. The number of carbonyl (C=O) groups is 2. The Labute approximate surface area is 161 Å². The van der Waals surface area contributed by atoms with Crippen molar-refractivity contribution in [1.29, 1.82) is 0 Å². The smallest absolute Gasteiger partial charge is 0.289 e. The molecule has 0 aliphatic carbocycles. The van der Waals surface area contributed by atoms with Crippen molar-refractivity contribution in [3.8, 4) is 0 Å². The number of nitrogens with one attached hydrogen (secondary N) is 1. The van der Waals surface area contributed by atoms with Gasteiger partial charge >= 0.3 is 0 Å². The van der Waals surface area contributed by atoms with Gasteiger partial charge in [-0.05, 0) is 19.4 Å². The lowest BCUT2D eigenvalue weighted by atomic mass is 10.1. The zero-order valence-electron chi connectivity index (χ0n) is 15.6. The maximum absolute atomic E-state index is 12.7. The van der Waals surface area contributed by atoms with Gasteiger partial charge in [0.1, 0.15) is 11.7 Å². The Hall–Kier alpha value is -3.49. The van der Waals surface area contributed by atoms with Crippen LogP contribution in [0.5, 0.6) is 0 Å². The maximum atomic E-state index is 12.7. The molecule has 1 N–H and O–H groups in total. The summed E-state index contributed by atoms with van der Waals surface area (Å²) in [6.45, 7) is 4.59. The number of hydrogen-bond donors (Lipinski definition) is 1. The van der Waals surface area contributed by atoms with Gasteiger partial charge in [-0.25, -0.2) is 9.67 Å². The van der Waals surface area contributed by atoms with Gasteiger partial charge in [0.2, 0.25) is 11.7 Å². The van der Waals surface area contributed by atoms with Crippen molar-refractivity contribution in [2.45, 2.75) is 39.5 Å².